The number of aliphatic carboxylic acids is 1. The number of halogens is 1. The van der Waals surface area contributed by atoms with Crippen LogP contribution in [0.3, 0.4) is 0 Å². The number of carbonyl (C=O) groups is 4. The average Bonchev–Trinajstić information content (AvgIpc) is 3.35. The van der Waals surface area contributed by atoms with E-state index in [1.807, 2.05) is 19.1 Å². The van der Waals surface area contributed by atoms with Gasteiger partial charge in [0.25, 0.3) is 11.8 Å². The van der Waals surface area contributed by atoms with Crippen LogP contribution in [-0.4, -0.2) is 64.0 Å². The predicted octanol–water partition coefficient (Wildman–Crippen LogP) is 4.50. The normalized spacial score (nSPS) is 18.6. The third kappa shape index (κ3) is 6.64. The van der Waals surface area contributed by atoms with Crippen molar-refractivity contribution in [3.8, 4) is 0 Å². The number of nitrogens with one attached hydrogen (secondary N) is 2. The number of urea groups is 1. The van der Waals surface area contributed by atoms with Gasteiger partial charge in [-0.3, -0.25) is 19.3 Å². The zero-order valence-corrected chi connectivity index (χ0v) is 22.1. The Balaban J connectivity index is 1.59. The van der Waals surface area contributed by atoms with E-state index in [2.05, 4.69) is 10.6 Å². The lowest BCUT2D eigenvalue weighted by Gasteiger charge is -2.34. The Bertz CT molecular complexity index is 1160. The zero-order chi connectivity index (χ0) is 27.2. The SMILES string of the molecule is Cc1ccc(C(=O)N2CCN(C(=O)Nc3ccc(Cl)cc3)C2C(=O)NC(CC(=O)O)C2CCCCC2)cc1. The molecule has 0 bridgehead atoms. The van der Waals surface area contributed by atoms with E-state index in [4.69, 9.17) is 11.6 Å². The van der Waals surface area contributed by atoms with Gasteiger partial charge in [0.15, 0.2) is 6.17 Å². The molecule has 4 rings (SSSR count). The molecule has 0 radical (unpaired) electrons. The van der Waals surface area contributed by atoms with Gasteiger partial charge in [0.05, 0.1) is 6.42 Å². The minimum atomic E-state index is -1.23. The zero-order valence-electron chi connectivity index (χ0n) is 21.4. The van der Waals surface area contributed by atoms with Crippen molar-refractivity contribution in [2.45, 2.75) is 57.7 Å². The molecule has 10 heteroatoms. The number of rotatable bonds is 7. The molecule has 2 atom stereocenters. The molecular formula is C28H33ClN4O5. The van der Waals surface area contributed by atoms with Gasteiger partial charge in [0, 0.05) is 35.4 Å². The number of anilines is 1. The first-order valence-corrected chi connectivity index (χ1v) is 13.3. The summed E-state index contributed by atoms with van der Waals surface area (Å²) in [6.07, 6.45) is 3.26. The monoisotopic (exact) mass is 540 g/mol. The Hall–Kier alpha value is -3.59. The Morgan fingerprint density at radius 3 is 2.21 bits per heavy atom. The highest BCUT2D eigenvalue weighted by Gasteiger charge is 2.44. The summed E-state index contributed by atoms with van der Waals surface area (Å²) >= 11 is 5.95. The van der Waals surface area contributed by atoms with Gasteiger partial charge < -0.3 is 20.6 Å². The lowest BCUT2D eigenvalue weighted by molar-refractivity contribution is -0.138. The summed E-state index contributed by atoms with van der Waals surface area (Å²) in [6.45, 7) is 2.21. The molecule has 2 aliphatic rings. The van der Waals surface area contributed by atoms with E-state index in [1.165, 1.54) is 9.80 Å². The molecule has 2 aromatic carbocycles. The van der Waals surface area contributed by atoms with Crippen molar-refractivity contribution in [1.82, 2.24) is 15.1 Å². The van der Waals surface area contributed by atoms with Gasteiger partial charge >= 0.3 is 12.0 Å². The number of hydrogen-bond acceptors (Lipinski definition) is 4. The fraction of sp³-hybridized carbons (Fsp3) is 0.429. The van der Waals surface area contributed by atoms with Crippen LogP contribution in [0.15, 0.2) is 48.5 Å². The highest BCUT2D eigenvalue weighted by molar-refractivity contribution is 6.30. The fourth-order valence-corrected chi connectivity index (χ4v) is 5.37. The topological polar surface area (TPSA) is 119 Å². The van der Waals surface area contributed by atoms with Crippen molar-refractivity contribution < 1.29 is 24.3 Å². The summed E-state index contributed by atoms with van der Waals surface area (Å²) in [4.78, 5) is 54.9. The quantitative estimate of drug-likeness (QED) is 0.477. The third-order valence-electron chi connectivity index (χ3n) is 7.26. The molecule has 2 fully saturated rings. The van der Waals surface area contributed by atoms with Crippen LogP contribution in [0.1, 0.15) is 54.4 Å². The van der Waals surface area contributed by atoms with Crippen LogP contribution in [0.2, 0.25) is 5.02 Å². The molecule has 2 aromatic rings. The summed E-state index contributed by atoms with van der Waals surface area (Å²) in [5, 5.41) is 15.7. The molecule has 38 heavy (non-hydrogen) atoms. The molecule has 3 N–H and O–H groups in total. The van der Waals surface area contributed by atoms with Gasteiger partial charge in [0.1, 0.15) is 0 Å². The van der Waals surface area contributed by atoms with Crippen LogP contribution >= 0.6 is 11.6 Å². The molecule has 1 aliphatic carbocycles. The number of hydrogen-bond donors (Lipinski definition) is 3. The van der Waals surface area contributed by atoms with Gasteiger partial charge in [0.2, 0.25) is 0 Å². The molecule has 2 unspecified atom stereocenters. The van der Waals surface area contributed by atoms with Crippen LogP contribution in [0.25, 0.3) is 0 Å². The van der Waals surface area contributed by atoms with Gasteiger partial charge in [-0.25, -0.2) is 4.79 Å². The van der Waals surface area contributed by atoms with E-state index >= 15 is 0 Å². The molecule has 9 nitrogen and oxygen atoms in total. The van der Waals surface area contributed by atoms with E-state index in [0.717, 1.165) is 37.7 Å². The largest absolute Gasteiger partial charge is 0.481 e. The predicted molar refractivity (Wildman–Crippen MR) is 144 cm³/mol. The number of nitrogens with zero attached hydrogens (tertiary/aromatic N) is 2. The third-order valence-corrected chi connectivity index (χ3v) is 7.52. The van der Waals surface area contributed by atoms with Crippen molar-refractivity contribution in [2.24, 2.45) is 5.92 Å². The van der Waals surface area contributed by atoms with Crippen molar-refractivity contribution in [3.63, 3.8) is 0 Å². The maximum absolute atomic E-state index is 13.8. The van der Waals surface area contributed by atoms with Gasteiger partial charge in [-0.1, -0.05) is 48.6 Å². The number of carboxylic acids is 1. The fourth-order valence-electron chi connectivity index (χ4n) is 5.24. The second kappa shape index (κ2) is 12.3. The molecule has 1 saturated heterocycles. The summed E-state index contributed by atoms with van der Waals surface area (Å²) in [5.74, 6) is -1.91. The minimum Gasteiger partial charge on any atom is -0.481 e. The first-order chi connectivity index (χ1) is 18.2. The van der Waals surface area contributed by atoms with Crippen LogP contribution in [-0.2, 0) is 9.59 Å². The first-order valence-electron chi connectivity index (χ1n) is 13.0. The van der Waals surface area contributed by atoms with Crippen molar-refractivity contribution in [1.29, 1.82) is 0 Å². The molecule has 202 valence electrons. The Morgan fingerprint density at radius 1 is 0.947 bits per heavy atom. The highest BCUT2D eigenvalue weighted by Crippen LogP contribution is 2.29. The van der Waals surface area contributed by atoms with Gasteiger partial charge in [-0.15, -0.1) is 0 Å². The highest BCUT2D eigenvalue weighted by atomic mass is 35.5. The van der Waals surface area contributed by atoms with E-state index < -0.39 is 30.1 Å². The molecule has 0 aromatic heterocycles. The molecule has 1 aliphatic heterocycles. The number of amides is 4. The number of carbonyl (C=O) groups excluding carboxylic acids is 3. The summed E-state index contributed by atoms with van der Waals surface area (Å²) in [7, 11) is 0. The Labute approximate surface area is 227 Å². The van der Waals surface area contributed by atoms with E-state index in [1.54, 1.807) is 36.4 Å². The van der Waals surface area contributed by atoms with Crippen LogP contribution in [0.5, 0.6) is 0 Å². The van der Waals surface area contributed by atoms with Crippen LogP contribution in [0.4, 0.5) is 10.5 Å². The number of carboxylic acid groups (broad SMARTS) is 1. The minimum absolute atomic E-state index is 0.0304. The number of benzene rings is 2. The summed E-state index contributed by atoms with van der Waals surface area (Å²) in [5.41, 5.74) is 1.89. The maximum Gasteiger partial charge on any atom is 0.323 e. The van der Waals surface area contributed by atoms with E-state index in [0.29, 0.717) is 16.3 Å². The van der Waals surface area contributed by atoms with Crippen LogP contribution < -0.4 is 10.6 Å². The summed E-state index contributed by atoms with van der Waals surface area (Å²) < 4.78 is 0. The molecule has 4 amide bonds. The Morgan fingerprint density at radius 2 is 1.58 bits per heavy atom. The van der Waals surface area contributed by atoms with Gasteiger partial charge in [-0.05, 0) is 62.1 Å². The van der Waals surface area contributed by atoms with Crippen molar-refractivity contribution in [2.75, 3.05) is 18.4 Å². The standard InChI is InChI=1S/C28H33ClN4O5/c1-18-7-9-20(10-8-18)27(37)32-15-16-33(28(38)30-22-13-11-21(29)12-14-22)26(32)25(36)31-23(17-24(34)35)19-5-3-2-4-6-19/h7-14,19,23,26H,2-6,15-17H2,1H3,(H,30,38)(H,31,36)(H,34,35). The van der Waals surface area contributed by atoms with Crippen molar-refractivity contribution in [3.05, 3.63) is 64.7 Å². The molecule has 0 spiro atoms. The molecule has 1 saturated carbocycles. The lowest BCUT2D eigenvalue weighted by Crippen LogP contribution is -2.57. The second-order valence-corrected chi connectivity index (χ2v) is 10.4. The van der Waals surface area contributed by atoms with Crippen molar-refractivity contribution >= 4 is 41.1 Å². The van der Waals surface area contributed by atoms with E-state index in [-0.39, 0.29) is 31.3 Å². The molecular weight excluding hydrogens is 508 g/mol. The Kier molecular flexibility index (Phi) is 8.89. The van der Waals surface area contributed by atoms with Gasteiger partial charge in [-0.2, -0.15) is 0 Å². The smallest absolute Gasteiger partial charge is 0.323 e. The maximum atomic E-state index is 13.8. The average molecular weight is 541 g/mol. The van der Waals surface area contributed by atoms with E-state index in [9.17, 15) is 24.3 Å². The first kappa shape index (κ1) is 27.4. The molecule has 1 heterocycles. The van der Waals surface area contributed by atoms with Crippen LogP contribution in [0, 0.1) is 12.8 Å². The second-order valence-electron chi connectivity index (χ2n) is 9.98. The summed E-state index contributed by atoms with van der Waals surface area (Å²) in [6, 6.07) is 12.5. The lowest BCUT2D eigenvalue weighted by atomic mass is 9.82. The number of aryl methyl sites for hydroxylation is 1.